The molecule has 1 saturated heterocycles. The monoisotopic (exact) mass is 473 g/mol. The second-order valence-corrected chi connectivity index (χ2v) is 11.0. The molecule has 1 aliphatic rings. The van der Waals surface area contributed by atoms with Crippen molar-refractivity contribution in [1.82, 2.24) is 14.9 Å². The Bertz CT molecular complexity index is 790. The van der Waals surface area contributed by atoms with Gasteiger partial charge in [0.1, 0.15) is 0 Å². The number of halogens is 1. The number of piperidine rings is 1. The van der Waals surface area contributed by atoms with Gasteiger partial charge in [-0.3, -0.25) is 4.79 Å². The highest BCUT2D eigenvalue weighted by atomic mass is 79.9. The van der Waals surface area contributed by atoms with Gasteiger partial charge in [-0.2, -0.15) is 0 Å². The molecule has 2 N–H and O–H groups in total. The standard InChI is InChI=1S/C20H32BrN3O3S/c1-15-8-5-6-12-24(15)13-7-11-22-19(25)17-14-16(9-10-18(17)21)28(26,27)23-20(2,3)4/h9-10,14-15,23H,5-8,11-13H2,1-4H3,(H,22,25). The third-order valence-corrected chi connectivity index (χ3v) is 7.23. The van der Waals surface area contributed by atoms with Gasteiger partial charge in [0.2, 0.25) is 10.0 Å². The van der Waals surface area contributed by atoms with Crippen LogP contribution in [0.4, 0.5) is 0 Å². The van der Waals surface area contributed by atoms with Crippen molar-refractivity contribution in [3.63, 3.8) is 0 Å². The number of carbonyl (C=O) groups is 1. The van der Waals surface area contributed by atoms with Crippen molar-refractivity contribution in [2.75, 3.05) is 19.6 Å². The van der Waals surface area contributed by atoms with Gasteiger partial charge in [0, 0.05) is 29.1 Å². The molecule has 8 heteroatoms. The van der Waals surface area contributed by atoms with Crippen LogP contribution in [-0.4, -0.2) is 50.4 Å². The van der Waals surface area contributed by atoms with Crippen LogP contribution in [0, 0.1) is 0 Å². The lowest BCUT2D eigenvalue weighted by atomic mass is 10.0. The number of likely N-dealkylation sites (tertiary alicyclic amines) is 1. The first-order valence-electron chi connectivity index (χ1n) is 9.85. The second kappa shape index (κ2) is 9.69. The van der Waals surface area contributed by atoms with Gasteiger partial charge in [0.05, 0.1) is 10.5 Å². The molecule has 0 aromatic heterocycles. The van der Waals surface area contributed by atoms with Gasteiger partial charge >= 0.3 is 0 Å². The number of hydrogen-bond acceptors (Lipinski definition) is 4. The summed E-state index contributed by atoms with van der Waals surface area (Å²) < 4.78 is 28.3. The van der Waals surface area contributed by atoms with Crippen molar-refractivity contribution in [3.05, 3.63) is 28.2 Å². The molecule has 1 heterocycles. The summed E-state index contributed by atoms with van der Waals surface area (Å²) in [6.45, 7) is 10.2. The quantitative estimate of drug-likeness (QED) is 0.593. The van der Waals surface area contributed by atoms with Crippen molar-refractivity contribution in [3.8, 4) is 0 Å². The highest BCUT2D eigenvalue weighted by molar-refractivity contribution is 9.10. The van der Waals surface area contributed by atoms with Crippen molar-refractivity contribution < 1.29 is 13.2 Å². The minimum Gasteiger partial charge on any atom is -0.352 e. The van der Waals surface area contributed by atoms with E-state index >= 15 is 0 Å². The van der Waals surface area contributed by atoms with Gasteiger partial charge in [0.15, 0.2) is 0 Å². The molecular formula is C20H32BrN3O3S. The van der Waals surface area contributed by atoms with E-state index in [-0.39, 0.29) is 10.8 Å². The van der Waals surface area contributed by atoms with E-state index in [0.29, 0.717) is 22.6 Å². The van der Waals surface area contributed by atoms with Crippen molar-refractivity contribution in [2.24, 2.45) is 0 Å². The summed E-state index contributed by atoms with van der Waals surface area (Å²) in [5.41, 5.74) is -0.275. The van der Waals surface area contributed by atoms with E-state index in [9.17, 15) is 13.2 Å². The number of nitrogens with one attached hydrogen (secondary N) is 2. The van der Waals surface area contributed by atoms with Crippen LogP contribution in [0.3, 0.4) is 0 Å². The number of nitrogens with zero attached hydrogens (tertiary/aromatic N) is 1. The molecule has 0 radical (unpaired) electrons. The first-order chi connectivity index (χ1) is 13.0. The number of sulfonamides is 1. The maximum atomic E-state index is 12.6. The number of benzene rings is 1. The van der Waals surface area contributed by atoms with E-state index in [1.165, 1.54) is 31.4 Å². The molecule has 0 spiro atoms. The Kier molecular flexibility index (Phi) is 8.07. The Balaban J connectivity index is 1.97. The van der Waals surface area contributed by atoms with Gasteiger partial charge in [-0.1, -0.05) is 6.42 Å². The van der Waals surface area contributed by atoms with Crippen LogP contribution in [0.5, 0.6) is 0 Å². The molecule has 1 aliphatic heterocycles. The van der Waals surface area contributed by atoms with Gasteiger partial charge in [-0.05, 0) is 87.6 Å². The predicted octanol–water partition coefficient (Wildman–Crippen LogP) is 3.52. The third kappa shape index (κ3) is 6.83. The minimum atomic E-state index is -3.69. The molecule has 1 amide bonds. The topological polar surface area (TPSA) is 78.5 Å². The minimum absolute atomic E-state index is 0.0814. The van der Waals surface area contributed by atoms with Crippen LogP contribution in [0.25, 0.3) is 0 Å². The van der Waals surface area contributed by atoms with Crippen molar-refractivity contribution >= 4 is 31.9 Å². The molecule has 1 fully saturated rings. The number of rotatable bonds is 7. The van der Waals surface area contributed by atoms with E-state index in [4.69, 9.17) is 0 Å². The van der Waals surface area contributed by atoms with Gasteiger partial charge in [-0.15, -0.1) is 0 Å². The van der Waals surface area contributed by atoms with Crippen molar-refractivity contribution in [1.29, 1.82) is 0 Å². The normalized spacial score (nSPS) is 18.8. The predicted molar refractivity (Wildman–Crippen MR) is 116 cm³/mol. The van der Waals surface area contributed by atoms with E-state index < -0.39 is 15.6 Å². The highest BCUT2D eigenvalue weighted by Gasteiger charge is 2.24. The van der Waals surface area contributed by atoms with Crippen LogP contribution < -0.4 is 10.0 Å². The lowest BCUT2D eigenvalue weighted by Crippen LogP contribution is -2.40. The molecule has 0 bridgehead atoms. The van der Waals surface area contributed by atoms with Crippen molar-refractivity contribution in [2.45, 2.75) is 69.9 Å². The zero-order chi connectivity index (χ0) is 20.9. The van der Waals surface area contributed by atoms with Gasteiger partial charge < -0.3 is 10.2 Å². The molecular weight excluding hydrogens is 442 g/mol. The number of carbonyl (C=O) groups excluding carboxylic acids is 1. The first-order valence-corrected chi connectivity index (χ1v) is 12.1. The van der Waals surface area contributed by atoms with Crippen LogP contribution in [0.1, 0.15) is 63.7 Å². The Morgan fingerprint density at radius 3 is 2.64 bits per heavy atom. The highest BCUT2D eigenvalue weighted by Crippen LogP contribution is 2.22. The van der Waals surface area contributed by atoms with E-state index in [2.05, 4.69) is 37.8 Å². The smallest absolute Gasteiger partial charge is 0.252 e. The maximum absolute atomic E-state index is 12.6. The fraction of sp³-hybridized carbons (Fsp3) is 0.650. The lowest BCUT2D eigenvalue weighted by Gasteiger charge is -2.33. The first kappa shape index (κ1) is 23.3. The zero-order valence-electron chi connectivity index (χ0n) is 17.2. The molecule has 1 aromatic rings. The Labute approximate surface area is 177 Å². The van der Waals surface area contributed by atoms with Crippen LogP contribution in [-0.2, 0) is 10.0 Å². The summed E-state index contributed by atoms with van der Waals surface area (Å²) in [5, 5.41) is 2.91. The Morgan fingerprint density at radius 2 is 2.00 bits per heavy atom. The Morgan fingerprint density at radius 1 is 1.29 bits per heavy atom. The molecule has 158 valence electrons. The number of hydrogen-bond donors (Lipinski definition) is 2. The van der Waals surface area contributed by atoms with E-state index in [1.807, 2.05) is 0 Å². The largest absolute Gasteiger partial charge is 0.352 e. The molecule has 0 saturated carbocycles. The van der Waals surface area contributed by atoms with Crippen LogP contribution in [0.15, 0.2) is 27.6 Å². The molecule has 1 atom stereocenters. The summed E-state index contributed by atoms with van der Waals surface area (Å²) in [6.07, 6.45) is 4.65. The molecule has 1 unspecified atom stereocenters. The average molecular weight is 474 g/mol. The second-order valence-electron chi connectivity index (χ2n) is 8.49. The van der Waals surface area contributed by atoms with Crippen LogP contribution in [0.2, 0.25) is 0 Å². The lowest BCUT2D eigenvalue weighted by molar-refractivity contribution is 0.0948. The van der Waals surface area contributed by atoms with Gasteiger partial charge in [-0.25, -0.2) is 13.1 Å². The molecule has 1 aromatic carbocycles. The summed E-state index contributed by atoms with van der Waals surface area (Å²) in [7, 11) is -3.69. The van der Waals surface area contributed by atoms with E-state index in [0.717, 1.165) is 19.5 Å². The summed E-state index contributed by atoms with van der Waals surface area (Å²) in [5.74, 6) is -0.272. The molecule has 0 aliphatic carbocycles. The maximum Gasteiger partial charge on any atom is 0.252 e. The number of amides is 1. The molecule has 6 nitrogen and oxygen atoms in total. The Hall–Kier alpha value is -0.960. The van der Waals surface area contributed by atoms with Gasteiger partial charge in [0.25, 0.3) is 5.91 Å². The summed E-state index contributed by atoms with van der Waals surface area (Å²) in [4.78, 5) is 15.1. The third-order valence-electron chi connectivity index (χ3n) is 4.78. The SMILES string of the molecule is CC1CCCCN1CCCNC(=O)c1cc(S(=O)(=O)NC(C)(C)C)ccc1Br. The molecule has 2 rings (SSSR count). The summed E-state index contributed by atoms with van der Waals surface area (Å²) in [6, 6.07) is 5.12. The fourth-order valence-electron chi connectivity index (χ4n) is 3.38. The fourth-order valence-corrected chi connectivity index (χ4v) is 5.25. The summed E-state index contributed by atoms with van der Waals surface area (Å²) >= 11 is 3.35. The van der Waals surface area contributed by atoms with E-state index in [1.54, 1.807) is 26.8 Å². The average Bonchev–Trinajstić information content (AvgIpc) is 2.58. The molecule has 28 heavy (non-hydrogen) atoms. The van der Waals surface area contributed by atoms with Crippen LogP contribution >= 0.6 is 15.9 Å². The zero-order valence-corrected chi connectivity index (χ0v) is 19.6.